The van der Waals surface area contributed by atoms with Gasteiger partial charge < -0.3 is 24.0 Å². The van der Waals surface area contributed by atoms with Gasteiger partial charge in [-0.1, -0.05) is 12.1 Å². The van der Waals surface area contributed by atoms with Crippen LogP contribution in [0.1, 0.15) is 40.7 Å². The van der Waals surface area contributed by atoms with Gasteiger partial charge >= 0.3 is 0 Å². The third kappa shape index (κ3) is 4.75. The van der Waals surface area contributed by atoms with Crippen LogP contribution in [0.25, 0.3) is 0 Å². The third-order valence-corrected chi connectivity index (χ3v) is 7.45. The van der Waals surface area contributed by atoms with Gasteiger partial charge in [0.2, 0.25) is 12.7 Å². The Balaban J connectivity index is 1.35. The molecule has 2 aromatic carbocycles. The number of hydrogen-bond donors (Lipinski definition) is 0. The fourth-order valence-electron chi connectivity index (χ4n) is 4.53. The van der Waals surface area contributed by atoms with Crippen molar-refractivity contribution in [3.05, 3.63) is 75.7 Å². The van der Waals surface area contributed by atoms with Crippen molar-refractivity contribution in [1.29, 1.82) is 0 Å². The highest BCUT2D eigenvalue weighted by Crippen LogP contribution is 2.35. The number of nitrogens with zero attached hydrogens (tertiary/aromatic N) is 2. The third-order valence-electron chi connectivity index (χ3n) is 6.46. The molecule has 0 spiro atoms. The van der Waals surface area contributed by atoms with Crippen LogP contribution in [0.4, 0.5) is 4.39 Å². The number of rotatable bonds is 7. The Morgan fingerprint density at radius 1 is 1.17 bits per heavy atom. The number of fused-ring (bicyclic) bond motifs is 2. The summed E-state index contributed by atoms with van der Waals surface area (Å²) in [6, 6.07) is 12.7. The quantitative estimate of drug-likeness (QED) is 0.462. The topological polar surface area (TPSA) is 68.3 Å². The minimum Gasteiger partial charge on any atom is -0.488 e. The summed E-state index contributed by atoms with van der Waals surface area (Å²) in [7, 11) is 0. The summed E-state index contributed by atoms with van der Waals surface area (Å²) in [4.78, 5) is 31.5. The Labute approximate surface area is 213 Å². The zero-order valence-corrected chi connectivity index (χ0v) is 20.9. The predicted octanol–water partition coefficient (Wildman–Crippen LogP) is 4.67. The van der Waals surface area contributed by atoms with E-state index in [0.29, 0.717) is 23.6 Å². The van der Waals surface area contributed by atoms with Crippen LogP contribution >= 0.6 is 11.3 Å². The van der Waals surface area contributed by atoms with E-state index >= 15 is 0 Å². The first-order chi connectivity index (χ1) is 17.4. The molecule has 2 aliphatic heterocycles. The molecular weight excluding hydrogens is 483 g/mol. The molecule has 2 amide bonds. The maximum Gasteiger partial charge on any atom is 0.254 e. The Bertz CT molecular complexity index is 1280. The summed E-state index contributed by atoms with van der Waals surface area (Å²) in [6.07, 6.45) is 0.729. The van der Waals surface area contributed by atoms with Crippen molar-refractivity contribution in [3.63, 3.8) is 0 Å². The minimum absolute atomic E-state index is 0.0827. The second-order valence-corrected chi connectivity index (χ2v) is 9.99. The highest BCUT2D eigenvalue weighted by atomic mass is 32.1. The Morgan fingerprint density at radius 2 is 1.97 bits per heavy atom. The maximum absolute atomic E-state index is 14.2. The van der Waals surface area contributed by atoms with E-state index in [0.717, 1.165) is 12.0 Å². The number of halogens is 1. The van der Waals surface area contributed by atoms with E-state index in [-0.39, 0.29) is 49.6 Å². The molecule has 0 saturated heterocycles. The lowest BCUT2D eigenvalue weighted by atomic mass is 10.00. The van der Waals surface area contributed by atoms with Gasteiger partial charge in [-0.25, -0.2) is 4.39 Å². The first-order valence-corrected chi connectivity index (χ1v) is 12.7. The Hall–Kier alpha value is -3.59. The number of hydrogen-bond acceptors (Lipinski definition) is 6. The lowest BCUT2D eigenvalue weighted by Crippen LogP contribution is -2.49. The standard InChI is InChI=1S/C27H27FN2O5S/c1-17(2)30(27(32)18-7-8-23-24(13-18)35-16-34-23)14-26(31)29-11-9-25-19(10-12-36-25)21(29)15-33-22-6-4-3-5-20(22)28/h3-8,10,12-13,17,21H,9,11,14-16H2,1-2H3/t21-/m1/s1. The van der Waals surface area contributed by atoms with E-state index in [4.69, 9.17) is 14.2 Å². The molecule has 0 saturated carbocycles. The SMILES string of the molecule is CC(C)N(CC(=O)N1CCc2sccc2[C@H]1COc1ccccc1F)C(=O)c1ccc2c(c1)OCO2. The van der Waals surface area contributed by atoms with Crippen LogP contribution in [0.15, 0.2) is 53.9 Å². The number of carbonyl (C=O) groups excluding carboxylic acids is 2. The second kappa shape index (κ2) is 10.2. The van der Waals surface area contributed by atoms with Gasteiger partial charge in [0.1, 0.15) is 13.2 Å². The number of para-hydroxylation sites is 1. The Morgan fingerprint density at radius 3 is 2.78 bits per heavy atom. The summed E-state index contributed by atoms with van der Waals surface area (Å²) in [5.41, 5.74) is 1.44. The van der Waals surface area contributed by atoms with E-state index in [2.05, 4.69) is 0 Å². The van der Waals surface area contributed by atoms with E-state index in [9.17, 15) is 14.0 Å². The fourth-order valence-corrected chi connectivity index (χ4v) is 5.45. The van der Waals surface area contributed by atoms with Gasteiger partial charge in [0.25, 0.3) is 5.91 Å². The zero-order chi connectivity index (χ0) is 25.2. The average molecular weight is 511 g/mol. The first kappa shape index (κ1) is 24.1. The number of amides is 2. The minimum atomic E-state index is -0.447. The molecule has 1 aromatic heterocycles. The lowest BCUT2D eigenvalue weighted by Gasteiger charge is -2.37. The smallest absolute Gasteiger partial charge is 0.254 e. The number of carbonyl (C=O) groups is 2. The Kier molecular flexibility index (Phi) is 6.82. The summed E-state index contributed by atoms with van der Waals surface area (Å²) in [5, 5.41) is 2.00. The fraction of sp³-hybridized carbons (Fsp3) is 0.333. The molecule has 0 N–H and O–H groups in total. The molecule has 3 heterocycles. The summed E-state index contributed by atoms with van der Waals surface area (Å²) in [6.45, 7) is 4.42. The molecule has 1 atom stereocenters. The van der Waals surface area contributed by atoms with Crippen LogP contribution in [-0.2, 0) is 11.2 Å². The molecular formula is C27H27FN2O5S. The van der Waals surface area contributed by atoms with Crippen molar-refractivity contribution in [1.82, 2.24) is 9.80 Å². The molecule has 188 valence electrons. The highest BCUT2D eigenvalue weighted by Gasteiger charge is 2.34. The van der Waals surface area contributed by atoms with Crippen molar-refractivity contribution in [3.8, 4) is 17.2 Å². The van der Waals surface area contributed by atoms with E-state index in [1.54, 1.807) is 57.5 Å². The molecule has 0 radical (unpaired) electrons. The number of ether oxygens (including phenoxy) is 3. The molecule has 7 nitrogen and oxygen atoms in total. The van der Waals surface area contributed by atoms with Crippen molar-refractivity contribution >= 4 is 23.2 Å². The number of thiophene rings is 1. The molecule has 2 aliphatic rings. The van der Waals surface area contributed by atoms with Crippen LogP contribution < -0.4 is 14.2 Å². The second-order valence-electron chi connectivity index (χ2n) is 8.99. The summed E-state index contributed by atoms with van der Waals surface area (Å²) in [5.74, 6) is 0.366. The van der Waals surface area contributed by atoms with E-state index in [1.807, 2.05) is 25.3 Å². The molecule has 0 fully saturated rings. The molecule has 36 heavy (non-hydrogen) atoms. The van der Waals surface area contributed by atoms with Crippen LogP contribution in [0, 0.1) is 5.82 Å². The van der Waals surface area contributed by atoms with Gasteiger partial charge in [0.15, 0.2) is 23.1 Å². The van der Waals surface area contributed by atoms with Crippen LogP contribution in [-0.4, -0.2) is 54.1 Å². The lowest BCUT2D eigenvalue weighted by molar-refractivity contribution is -0.136. The van der Waals surface area contributed by atoms with Gasteiger partial charge in [-0.3, -0.25) is 9.59 Å². The predicted molar refractivity (Wildman–Crippen MR) is 133 cm³/mol. The van der Waals surface area contributed by atoms with Gasteiger partial charge in [-0.2, -0.15) is 0 Å². The zero-order valence-electron chi connectivity index (χ0n) is 20.1. The molecule has 0 aliphatic carbocycles. The summed E-state index contributed by atoms with van der Waals surface area (Å²) >= 11 is 1.64. The van der Waals surface area contributed by atoms with Gasteiger partial charge in [-0.05, 0) is 67.6 Å². The van der Waals surface area contributed by atoms with Crippen LogP contribution in [0.5, 0.6) is 17.2 Å². The monoisotopic (exact) mass is 510 g/mol. The van der Waals surface area contributed by atoms with Crippen molar-refractivity contribution < 1.29 is 28.2 Å². The van der Waals surface area contributed by atoms with Crippen molar-refractivity contribution in [2.24, 2.45) is 0 Å². The number of benzene rings is 2. The van der Waals surface area contributed by atoms with Crippen molar-refractivity contribution in [2.45, 2.75) is 32.4 Å². The van der Waals surface area contributed by atoms with Gasteiger partial charge in [0.05, 0.1) is 6.04 Å². The van der Waals surface area contributed by atoms with E-state index in [1.165, 1.54) is 10.9 Å². The highest BCUT2D eigenvalue weighted by molar-refractivity contribution is 7.10. The van der Waals surface area contributed by atoms with E-state index < -0.39 is 5.82 Å². The summed E-state index contributed by atoms with van der Waals surface area (Å²) < 4.78 is 30.7. The first-order valence-electron chi connectivity index (χ1n) is 11.9. The normalized spacial score (nSPS) is 16.1. The van der Waals surface area contributed by atoms with Crippen molar-refractivity contribution in [2.75, 3.05) is 26.5 Å². The molecule has 0 bridgehead atoms. The van der Waals surface area contributed by atoms with Gasteiger partial charge in [-0.15, -0.1) is 11.3 Å². The molecule has 5 rings (SSSR count). The van der Waals surface area contributed by atoms with Gasteiger partial charge in [0, 0.05) is 23.0 Å². The molecule has 3 aromatic rings. The molecule has 0 unspecified atom stereocenters. The van der Waals surface area contributed by atoms with Crippen LogP contribution in [0.3, 0.4) is 0 Å². The maximum atomic E-state index is 14.2. The van der Waals surface area contributed by atoms with Crippen LogP contribution in [0.2, 0.25) is 0 Å². The molecule has 9 heteroatoms. The largest absolute Gasteiger partial charge is 0.488 e. The average Bonchev–Trinajstić information content (AvgIpc) is 3.55.